The normalized spacial score (nSPS) is 15.5. The van der Waals surface area contributed by atoms with Gasteiger partial charge < -0.3 is 13.7 Å². The molecule has 5 rings (SSSR count). The molecule has 1 aromatic carbocycles. The first-order chi connectivity index (χ1) is 14.9. The Kier molecular flexibility index (Phi) is 4.82. The number of fused-ring (bicyclic) bond motifs is 2. The fraction of sp³-hybridized carbons (Fsp3) is 0.360. The van der Waals surface area contributed by atoms with E-state index in [1.807, 2.05) is 48.8 Å². The standard InChI is InChI=1S/C25H28N4O2/c1-16(2)27-7-9-28(10-8-27)21-6-5-19-11-22(25(30)31-24(19)13-21)20-12-23-18(4)26-17(3)14-29(23)15-20/h5-6,11-16H,7-10H2,1-4H3. The lowest BCUT2D eigenvalue weighted by Gasteiger charge is -2.38. The lowest BCUT2D eigenvalue weighted by Crippen LogP contribution is -2.48. The fourth-order valence-electron chi connectivity index (χ4n) is 4.57. The van der Waals surface area contributed by atoms with Crippen LogP contribution >= 0.6 is 0 Å². The van der Waals surface area contributed by atoms with E-state index in [4.69, 9.17) is 4.42 Å². The van der Waals surface area contributed by atoms with Gasteiger partial charge in [0.05, 0.1) is 22.5 Å². The van der Waals surface area contributed by atoms with E-state index in [-0.39, 0.29) is 5.63 Å². The Morgan fingerprint density at radius 2 is 1.77 bits per heavy atom. The summed E-state index contributed by atoms with van der Waals surface area (Å²) in [7, 11) is 0. The molecular formula is C25H28N4O2. The highest BCUT2D eigenvalue weighted by atomic mass is 16.4. The van der Waals surface area contributed by atoms with Crippen LogP contribution in [-0.4, -0.2) is 46.5 Å². The fourth-order valence-corrected chi connectivity index (χ4v) is 4.57. The van der Waals surface area contributed by atoms with Crippen LogP contribution in [0.3, 0.4) is 0 Å². The lowest BCUT2D eigenvalue weighted by atomic mass is 10.1. The molecule has 0 saturated carbocycles. The zero-order chi connectivity index (χ0) is 21.7. The third kappa shape index (κ3) is 3.61. The van der Waals surface area contributed by atoms with Crippen LogP contribution in [0.1, 0.15) is 25.2 Å². The van der Waals surface area contributed by atoms with Gasteiger partial charge in [0.2, 0.25) is 0 Å². The Hall–Kier alpha value is -3.12. The van der Waals surface area contributed by atoms with Crippen LogP contribution in [0, 0.1) is 13.8 Å². The van der Waals surface area contributed by atoms with Crippen molar-refractivity contribution in [2.45, 2.75) is 33.7 Å². The Morgan fingerprint density at radius 3 is 2.52 bits per heavy atom. The molecule has 160 valence electrons. The second-order valence-electron chi connectivity index (χ2n) is 8.78. The van der Waals surface area contributed by atoms with Gasteiger partial charge in [0.15, 0.2) is 0 Å². The number of piperazine rings is 1. The van der Waals surface area contributed by atoms with Gasteiger partial charge in [0.25, 0.3) is 0 Å². The summed E-state index contributed by atoms with van der Waals surface area (Å²) in [6, 6.07) is 10.7. The number of benzene rings is 1. The Labute approximate surface area is 181 Å². The largest absolute Gasteiger partial charge is 0.422 e. The molecule has 1 aliphatic rings. The topological polar surface area (TPSA) is 54.0 Å². The maximum Gasteiger partial charge on any atom is 0.344 e. The van der Waals surface area contributed by atoms with Crippen molar-refractivity contribution in [1.29, 1.82) is 0 Å². The molecule has 0 radical (unpaired) electrons. The van der Waals surface area contributed by atoms with Crippen LogP contribution < -0.4 is 10.5 Å². The van der Waals surface area contributed by atoms with Gasteiger partial charge in [-0.05, 0) is 52.0 Å². The number of hydrogen-bond donors (Lipinski definition) is 0. The van der Waals surface area contributed by atoms with E-state index in [2.05, 4.69) is 40.8 Å². The van der Waals surface area contributed by atoms with E-state index in [0.717, 1.165) is 59.7 Å². The molecule has 3 aromatic heterocycles. The molecule has 1 aliphatic heterocycles. The number of rotatable bonds is 3. The Bertz CT molecular complexity index is 1330. The highest BCUT2D eigenvalue weighted by molar-refractivity contribution is 5.85. The molecule has 0 N–H and O–H groups in total. The average molecular weight is 417 g/mol. The van der Waals surface area contributed by atoms with Crippen molar-refractivity contribution in [2.75, 3.05) is 31.1 Å². The summed E-state index contributed by atoms with van der Waals surface area (Å²) in [5, 5.41) is 0.931. The van der Waals surface area contributed by atoms with Crippen molar-refractivity contribution < 1.29 is 4.42 Å². The molecule has 0 unspecified atom stereocenters. The van der Waals surface area contributed by atoms with E-state index in [0.29, 0.717) is 17.2 Å². The monoisotopic (exact) mass is 416 g/mol. The van der Waals surface area contributed by atoms with Gasteiger partial charge in [-0.25, -0.2) is 4.79 Å². The molecular weight excluding hydrogens is 388 g/mol. The molecule has 0 atom stereocenters. The quantitative estimate of drug-likeness (QED) is 0.467. The summed E-state index contributed by atoms with van der Waals surface area (Å²) in [5.74, 6) is 0. The molecule has 0 spiro atoms. The van der Waals surface area contributed by atoms with Crippen molar-refractivity contribution in [3.63, 3.8) is 0 Å². The van der Waals surface area contributed by atoms with Crippen LogP contribution in [0.25, 0.3) is 27.6 Å². The van der Waals surface area contributed by atoms with Crippen molar-refractivity contribution >= 4 is 22.2 Å². The van der Waals surface area contributed by atoms with Crippen LogP contribution in [0.2, 0.25) is 0 Å². The number of aromatic nitrogens is 2. The van der Waals surface area contributed by atoms with Crippen LogP contribution in [0.4, 0.5) is 5.69 Å². The summed E-state index contributed by atoms with van der Waals surface area (Å²) < 4.78 is 7.79. The van der Waals surface area contributed by atoms with Gasteiger partial charge in [-0.3, -0.25) is 9.88 Å². The summed E-state index contributed by atoms with van der Waals surface area (Å²) in [6.45, 7) is 12.5. The maximum absolute atomic E-state index is 12.9. The molecule has 0 aliphatic carbocycles. The number of aryl methyl sites for hydroxylation is 2. The summed E-state index contributed by atoms with van der Waals surface area (Å²) >= 11 is 0. The van der Waals surface area contributed by atoms with Crippen molar-refractivity contribution in [3.05, 3.63) is 64.5 Å². The van der Waals surface area contributed by atoms with Gasteiger partial charge in [0.1, 0.15) is 5.58 Å². The second kappa shape index (κ2) is 7.54. The van der Waals surface area contributed by atoms with Crippen LogP contribution in [0.15, 0.2) is 51.9 Å². The summed E-state index contributed by atoms with van der Waals surface area (Å²) in [5.41, 5.74) is 5.74. The highest BCUT2D eigenvalue weighted by Gasteiger charge is 2.20. The highest BCUT2D eigenvalue weighted by Crippen LogP contribution is 2.27. The molecule has 0 amide bonds. The first-order valence-electron chi connectivity index (χ1n) is 10.9. The third-order valence-electron chi connectivity index (χ3n) is 6.33. The average Bonchev–Trinajstić information content (AvgIpc) is 3.17. The van der Waals surface area contributed by atoms with E-state index in [1.54, 1.807) is 0 Å². The van der Waals surface area contributed by atoms with Gasteiger partial charge in [-0.15, -0.1) is 0 Å². The van der Waals surface area contributed by atoms with Crippen LogP contribution in [-0.2, 0) is 0 Å². The zero-order valence-corrected chi connectivity index (χ0v) is 18.6. The molecule has 6 heteroatoms. The van der Waals surface area contributed by atoms with E-state index in [1.165, 1.54) is 0 Å². The molecule has 31 heavy (non-hydrogen) atoms. The smallest absolute Gasteiger partial charge is 0.344 e. The third-order valence-corrected chi connectivity index (χ3v) is 6.33. The number of hydrogen-bond acceptors (Lipinski definition) is 5. The molecule has 1 saturated heterocycles. The van der Waals surface area contributed by atoms with Gasteiger partial charge in [-0.2, -0.15) is 0 Å². The molecule has 1 fully saturated rings. The maximum atomic E-state index is 12.9. The zero-order valence-electron chi connectivity index (χ0n) is 18.6. The lowest BCUT2D eigenvalue weighted by molar-refractivity contribution is 0.209. The van der Waals surface area contributed by atoms with Crippen molar-refractivity contribution in [3.8, 4) is 11.1 Å². The van der Waals surface area contributed by atoms with Gasteiger partial charge >= 0.3 is 5.63 Å². The molecule has 4 aromatic rings. The molecule has 4 heterocycles. The van der Waals surface area contributed by atoms with E-state index in [9.17, 15) is 4.79 Å². The minimum Gasteiger partial charge on any atom is -0.422 e. The second-order valence-corrected chi connectivity index (χ2v) is 8.78. The van der Waals surface area contributed by atoms with Crippen molar-refractivity contribution in [1.82, 2.24) is 14.3 Å². The minimum atomic E-state index is -0.312. The van der Waals surface area contributed by atoms with Gasteiger partial charge in [-0.1, -0.05) is 0 Å². The predicted octanol–water partition coefficient (Wildman–Crippen LogP) is 4.25. The predicted molar refractivity (Wildman–Crippen MR) is 125 cm³/mol. The number of anilines is 1. The number of nitrogens with zero attached hydrogens (tertiary/aromatic N) is 4. The minimum absolute atomic E-state index is 0.312. The SMILES string of the molecule is Cc1cn2cc(-c3cc4ccc(N5CCN(C(C)C)CC5)cc4oc3=O)cc2c(C)n1. The first kappa shape index (κ1) is 19.8. The Morgan fingerprint density at radius 1 is 1.00 bits per heavy atom. The van der Waals surface area contributed by atoms with E-state index < -0.39 is 0 Å². The van der Waals surface area contributed by atoms with Crippen molar-refractivity contribution in [2.24, 2.45) is 0 Å². The summed E-state index contributed by atoms with van der Waals surface area (Å²) in [4.78, 5) is 22.2. The first-order valence-corrected chi connectivity index (χ1v) is 10.9. The van der Waals surface area contributed by atoms with Crippen LogP contribution in [0.5, 0.6) is 0 Å². The molecule has 0 bridgehead atoms. The van der Waals surface area contributed by atoms with Gasteiger partial charge in [0, 0.05) is 67.3 Å². The Balaban J connectivity index is 1.49. The van der Waals surface area contributed by atoms with E-state index >= 15 is 0 Å². The summed E-state index contributed by atoms with van der Waals surface area (Å²) in [6.07, 6.45) is 3.94. The molecule has 6 nitrogen and oxygen atoms in total.